The Bertz CT molecular complexity index is 1130. The molecule has 3 heterocycles. The van der Waals surface area contributed by atoms with Gasteiger partial charge in [-0.3, -0.25) is 19.5 Å². The number of thioether (sulfide) groups is 1. The molecular formula is C21H23N3O4S2. The summed E-state index contributed by atoms with van der Waals surface area (Å²) in [5.74, 6) is 0.576. The first-order chi connectivity index (χ1) is 14.5. The molecule has 0 bridgehead atoms. The minimum atomic E-state index is -0.407. The lowest BCUT2D eigenvalue weighted by Gasteiger charge is -2.16. The van der Waals surface area contributed by atoms with Crippen LogP contribution in [0.5, 0.6) is 0 Å². The summed E-state index contributed by atoms with van der Waals surface area (Å²) in [6.45, 7) is 5.34. The summed E-state index contributed by atoms with van der Waals surface area (Å²) in [5.41, 5.74) is 2.10. The highest BCUT2D eigenvalue weighted by Gasteiger charge is 2.22. The third kappa shape index (κ3) is 4.14. The molecule has 9 heteroatoms. The molecule has 0 aliphatic carbocycles. The van der Waals surface area contributed by atoms with Crippen LogP contribution in [0.4, 0.5) is 5.69 Å². The van der Waals surface area contributed by atoms with Crippen LogP contribution in [0.2, 0.25) is 0 Å². The van der Waals surface area contributed by atoms with E-state index in [1.165, 1.54) is 23.9 Å². The number of benzene rings is 1. The topological polar surface area (TPSA) is 87.3 Å². The molecule has 0 amide bonds. The Morgan fingerprint density at radius 3 is 2.77 bits per heavy atom. The van der Waals surface area contributed by atoms with Crippen LogP contribution < -0.4 is 5.56 Å². The number of nitro groups is 1. The third-order valence-corrected chi connectivity index (χ3v) is 7.45. The zero-order chi connectivity index (χ0) is 21.3. The quantitative estimate of drug-likeness (QED) is 0.227. The van der Waals surface area contributed by atoms with E-state index in [1.54, 1.807) is 28.0 Å². The van der Waals surface area contributed by atoms with Crippen LogP contribution in [0.1, 0.15) is 35.8 Å². The molecule has 3 aromatic rings. The lowest BCUT2D eigenvalue weighted by atomic mass is 10.1. The molecule has 30 heavy (non-hydrogen) atoms. The Labute approximate surface area is 182 Å². The van der Waals surface area contributed by atoms with Gasteiger partial charge in [-0.2, -0.15) is 0 Å². The summed E-state index contributed by atoms with van der Waals surface area (Å²) in [4.78, 5) is 30.7. The second kappa shape index (κ2) is 8.87. The van der Waals surface area contributed by atoms with Crippen LogP contribution in [0.3, 0.4) is 0 Å². The Kier molecular flexibility index (Phi) is 6.21. The molecule has 2 aromatic heterocycles. The van der Waals surface area contributed by atoms with Crippen molar-refractivity contribution in [1.29, 1.82) is 0 Å². The van der Waals surface area contributed by atoms with Gasteiger partial charge in [0.25, 0.3) is 11.2 Å². The maximum atomic E-state index is 13.4. The van der Waals surface area contributed by atoms with Gasteiger partial charge in [-0.25, -0.2) is 4.98 Å². The first kappa shape index (κ1) is 21.0. The lowest BCUT2D eigenvalue weighted by Crippen LogP contribution is -2.28. The molecule has 0 spiro atoms. The number of aryl methyl sites for hydroxylation is 2. The number of non-ortho nitro benzene ring substituents is 1. The van der Waals surface area contributed by atoms with E-state index in [1.807, 2.05) is 6.92 Å². The van der Waals surface area contributed by atoms with E-state index < -0.39 is 4.92 Å². The Morgan fingerprint density at radius 1 is 1.37 bits per heavy atom. The summed E-state index contributed by atoms with van der Waals surface area (Å²) < 4.78 is 7.54. The number of hydrogen-bond donors (Lipinski definition) is 0. The average molecular weight is 446 g/mol. The standard InChI is InChI=1S/C21H23N3O4S2/c1-3-17-13(2)30-19-18(17)20(25)23(11-16-5-4-10-28-16)21(22-19)29-12-14-6-8-15(9-7-14)24(26)27/h6-9,16H,3-5,10-12H2,1-2H3. The van der Waals surface area contributed by atoms with Gasteiger partial charge in [-0.1, -0.05) is 30.8 Å². The zero-order valence-electron chi connectivity index (χ0n) is 16.9. The summed E-state index contributed by atoms with van der Waals surface area (Å²) in [6.07, 6.45) is 2.79. The second-order valence-corrected chi connectivity index (χ2v) is 9.47. The van der Waals surface area contributed by atoms with E-state index in [0.717, 1.165) is 52.1 Å². The van der Waals surface area contributed by atoms with E-state index in [-0.39, 0.29) is 17.4 Å². The SMILES string of the molecule is CCc1c(C)sc2nc(SCc3ccc([N+](=O)[O-])cc3)n(CC3CCCO3)c(=O)c12. The van der Waals surface area contributed by atoms with Crippen LogP contribution in [0.25, 0.3) is 10.2 Å². The number of fused-ring (bicyclic) bond motifs is 1. The van der Waals surface area contributed by atoms with E-state index >= 15 is 0 Å². The second-order valence-electron chi connectivity index (χ2n) is 7.33. The molecule has 1 aromatic carbocycles. The van der Waals surface area contributed by atoms with Crippen molar-refractivity contribution in [1.82, 2.24) is 9.55 Å². The fourth-order valence-electron chi connectivity index (χ4n) is 3.78. The lowest BCUT2D eigenvalue weighted by molar-refractivity contribution is -0.384. The zero-order valence-corrected chi connectivity index (χ0v) is 18.6. The minimum absolute atomic E-state index is 0.00268. The fourth-order valence-corrected chi connectivity index (χ4v) is 5.90. The van der Waals surface area contributed by atoms with Crippen LogP contribution in [0, 0.1) is 17.0 Å². The van der Waals surface area contributed by atoms with Crippen molar-refractivity contribution >= 4 is 39.0 Å². The maximum Gasteiger partial charge on any atom is 0.269 e. The van der Waals surface area contributed by atoms with Crippen molar-refractivity contribution in [3.63, 3.8) is 0 Å². The van der Waals surface area contributed by atoms with E-state index in [9.17, 15) is 14.9 Å². The normalized spacial score (nSPS) is 16.4. The van der Waals surface area contributed by atoms with Crippen LogP contribution in [0.15, 0.2) is 34.2 Å². The van der Waals surface area contributed by atoms with Crippen molar-refractivity contribution in [3.05, 3.63) is 60.7 Å². The van der Waals surface area contributed by atoms with Crippen molar-refractivity contribution in [2.24, 2.45) is 0 Å². The predicted molar refractivity (Wildman–Crippen MR) is 120 cm³/mol. The van der Waals surface area contributed by atoms with Crippen LogP contribution in [-0.2, 0) is 23.5 Å². The largest absolute Gasteiger partial charge is 0.376 e. The number of rotatable bonds is 7. The van der Waals surface area contributed by atoms with Gasteiger partial charge in [0, 0.05) is 29.4 Å². The van der Waals surface area contributed by atoms with Gasteiger partial charge >= 0.3 is 0 Å². The summed E-state index contributed by atoms with van der Waals surface area (Å²) >= 11 is 3.05. The highest BCUT2D eigenvalue weighted by molar-refractivity contribution is 7.98. The molecule has 1 aliphatic rings. The molecule has 0 N–H and O–H groups in total. The van der Waals surface area contributed by atoms with Gasteiger partial charge in [-0.15, -0.1) is 11.3 Å². The fraction of sp³-hybridized carbons (Fsp3) is 0.429. The number of hydrogen-bond acceptors (Lipinski definition) is 7. The highest BCUT2D eigenvalue weighted by atomic mass is 32.2. The third-order valence-electron chi connectivity index (χ3n) is 5.36. The Balaban J connectivity index is 1.69. The van der Waals surface area contributed by atoms with Gasteiger partial charge < -0.3 is 4.74 Å². The van der Waals surface area contributed by atoms with Gasteiger partial charge in [-0.05, 0) is 37.3 Å². The van der Waals surface area contributed by atoms with E-state index in [2.05, 4.69) is 6.92 Å². The smallest absolute Gasteiger partial charge is 0.269 e. The molecule has 1 atom stereocenters. The first-order valence-corrected chi connectivity index (χ1v) is 11.8. The average Bonchev–Trinajstić information content (AvgIpc) is 3.36. The predicted octanol–water partition coefficient (Wildman–Crippen LogP) is 4.71. The molecule has 0 radical (unpaired) electrons. The molecule has 1 unspecified atom stereocenters. The number of nitrogens with zero attached hydrogens (tertiary/aromatic N) is 3. The Hall–Kier alpha value is -2.23. The molecule has 4 rings (SSSR count). The van der Waals surface area contributed by atoms with Crippen LogP contribution in [-0.4, -0.2) is 27.2 Å². The summed E-state index contributed by atoms with van der Waals surface area (Å²) in [5, 5.41) is 12.3. The van der Waals surface area contributed by atoms with E-state index in [4.69, 9.17) is 9.72 Å². The molecule has 158 valence electrons. The van der Waals surface area contributed by atoms with E-state index in [0.29, 0.717) is 17.5 Å². The molecule has 0 saturated carbocycles. The molecule has 1 saturated heterocycles. The monoisotopic (exact) mass is 445 g/mol. The summed E-state index contributed by atoms with van der Waals surface area (Å²) in [6, 6.07) is 6.50. The van der Waals surface area contributed by atoms with Gasteiger partial charge in [0.1, 0.15) is 4.83 Å². The number of aromatic nitrogens is 2. The van der Waals surface area contributed by atoms with Crippen molar-refractivity contribution in [2.75, 3.05) is 6.61 Å². The Morgan fingerprint density at radius 2 is 2.13 bits per heavy atom. The minimum Gasteiger partial charge on any atom is -0.376 e. The molecule has 1 aliphatic heterocycles. The molecular weight excluding hydrogens is 422 g/mol. The van der Waals surface area contributed by atoms with Crippen molar-refractivity contribution < 1.29 is 9.66 Å². The molecule has 1 fully saturated rings. The maximum absolute atomic E-state index is 13.4. The van der Waals surface area contributed by atoms with Gasteiger partial charge in [0.2, 0.25) is 0 Å². The number of nitro benzene ring substituents is 1. The van der Waals surface area contributed by atoms with Gasteiger partial charge in [0.05, 0.1) is 23.0 Å². The van der Waals surface area contributed by atoms with Gasteiger partial charge in [0.15, 0.2) is 5.16 Å². The first-order valence-electron chi connectivity index (χ1n) is 9.98. The molecule has 7 nitrogen and oxygen atoms in total. The van der Waals surface area contributed by atoms with Crippen molar-refractivity contribution in [2.45, 2.75) is 56.7 Å². The number of thiophene rings is 1. The summed E-state index contributed by atoms with van der Waals surface area (Å²) in [7, 11) is 0. The van der Waals surface area contributed by atoms with Crippen LogP contribution >= 0.6 is 23.1 Å². The highest BCUT2D eigenvalue weighted by Crippen LogP contribution is 2.31. The van der Waals surface area contributed by atoms with Crippen molar-refractivity contribution in [3.8, 4) is 0 Å². The number of ether oxygens (including phenoxy) is 1.